The third-order valence-corrected chi connectivity index (χ3v) is 5.08. The minimum absolute atomic E-state index is 0.0124. The van der Waals surface area contributed by atoms with Crippen LogP contribution >= 0.6 is 31.9 Å². The Morgan fingerprint density at radius 2 is 1.48 bits per heavy atom. The van der Waals surface area contributed by atoms with Gasteiger partial charge in [0.25, 0.3) is 5.91 Å². The largest absolute Gasteiger partial charge is 0.360 e. The summed E-state index contributed by atoms with van der Waals surface area (Å²) in [6, 6.07) is 23.4. The van der Waals surface area contributed by atoms with Gasteiger partial charge in [-0.25, -0.2) is 0 Å². The number of carbonyl (C=O) groups is 1. The molecule has 3 aromatic rings. The summed E-state index contributed by atoms with van der Waals surface area (Å²) in [5, 5.41) is 3.51. The summed E-state index contributed by atoms with van der Waals surface area (Å²) in [4.78, 5) is 15.0. The first-order valence-corrected chi connectivity index (χ1v) is 9.42. The average Bonchev–Trinajstić information content (AvgIpc) is 2.61. The number of para-hydroxylation sites is 2. The molecule has 0 spiro atoms. The molecule has 1 aliphatic heterocycles. The maximum Gasteiger partial charge on any atom is 0.262 e. The number of halogens is 2. The van der Waals surface area contributed by atoms with Crippen molar-refractivity contribution >= 4 is 49.1 Å². The highest BCUT2D eigenvalue weighted by Gasteiger charge is 2.34. The topological polar surface area (TPSA) is 32.3 Å². The number of rotatable bonds is 2. The highest BCUT2D eigenvalue weighted by atomic mass is 79.9. The molecular weight excluding hydrogens is 444 g/mol. The molecule has 25 heavy (non-hydrogen) atoms. The zero-order chi connectivity index (χ0) is 17.4. The van der Waals surface area contributed by atoms with Gasteiger partial charge in [0.05, 0.1) is 5.56 Å². The van der Waals surface area contributed by atoms with Crippen molar-refractivity contribution in [1.29, 1.82) is 0 Å². The fourth-order valence-electron chi connectivity index (χ4n) is 3.07. The molecule has 1 amide bonds. The van der Waals surface area contributed by atoms with Gasteiger partial charge in [0, 0.05) is 20.3 Å². The molecule has 0 bridgehead atoms. The minimum Gasteiger partial charge on any atom is -0.360 e. The Hall–Kier alpha value is -2.11. The van der Waals surface area contributed by atoms with Gasteiger partial charge in [0.2, 0.25) is 0 Å². The van der Waals surface area contributed by atoms with Gasteiger partial charge in [-0.1, -0.05) is 62.2 Å². The first-order chi connectivity index (χ1) is 12.1. The smallest absolute Gasteiger partial charge is 0.262 e. The second-order valence-electron chi connectivity index (χ2n) is 5.81. The van der Waals surface area contributed by atoms with Crippen LogP contribution in [-0.2, 0) is 0 Å². The van der Waals surface area contributed by atoms with Gasteiger partial charge >= 0.3 is 0 Å². The van der Waals surface area contributed by atoms with E-state index >= 15 is 0 Å². The Labute approximate surface area is 162 Å². The predicted octanol–water partition coefficient (Wildman–Crippen LogP) is 5.98. The maximum atomic E-state index is 13.2. The first kappa shape index (κ1) is 16.4. The summed E-state index contributed by atoms with van der Waals surface area (Å²) in [7, 11) is 0. The molecule has 1 N–H and O–H groups in total. The fourth-order valence-corrected chi connectivity index (χ4v) is 4.40. The van der Waals surface area contributed by atoms with Crippen LogP contribution in [0.3, 0.4) is 0 Å². The van der Waals surface area contributed by atoms with E-state index in [1.807, 2.05) is 72.8 Å². The normalized spacial score (nSPS) is 16.3. The van der Waals surface area contributed by atoms with Crippen molar-refractivity contribution in [3.63, 3.8) is 0 Å². The van der Waals surface area contributed by atoms with Gasteiger partial charge in [-0.15, -0.1) is 0 Å². The van der Waals surface area contributed by atoms with Crippen LogP contribution in [0, 0.1) is 0 Å². The number of hydrogen-bond donors (Lipinski definition) is 1. The molecule has 5 heteroatoms. The van der Waals surface area contributed by atoms with Crippen LogP contribution < -0.4 is 10.2 Å². The summed E-state index contributed by atoms with van der Waals surface area (Å²) in [6.07, 6.45) is -0.293. The standard InChI is InChI=1S/C20H14Br2N2O/c21-14-10-13(11-15(22)12-14)19-23-18-9-5-4-8-17(18)20(25)24(19)16-6-2-1-3-7-16/h1-12,19,23H/t19-/m1/s1. The van der Waals surface area contributed by atoms with E-state index in [-0.39, 0.29) is 12.1 Å². The highest BCUT2D eigenvalue weighted by Crippen LogP contribution is 2.37. The number of nitrogens with one attached hydrogen (secondary N) is 1. The third-order valence-electron chi connectivity index (χ3n) is 4.16. The summed E-state index contributed by atoms with van der Waals surface area (Å²) < 4.78 is 1.91. The highest BCUT2D eigenvalue weighted by molar-refractivity contribution is 9.11. The van der Waals surface area contributed by atoms with Crippen molar-refractivity contribution < 1.29 is 4.79 Å². The molecule has 0 aliphatic carbocycles. The third kappa shape index (κ3) is 3.10. The summed E-state index contributed by atoms with van der Waals surface area (Å²) >= 11 is 7.08. The van der Waals surface area contributed by atoms with Gasteiger partial charge in [-0.2, -0.15) is 0 Å². The van der Waals surface area contributed by atoms with Crippen LogP contribution in [0.1, 0.15) is 22.1 Å². The summed E-state index contributed by atoms with van der Waals surface area (Å²) in [5.74, 6) is -0.0124. The minimum atomic E-state index is -0.293. The summed E-state index contributed by atoms with van der Waals surface area (Å²) in [5.41, 5.74) is 3.38. The molecule has 0 unspecified atom stereocenters. The molecule has 0 fully saturated rings. The van der Waals surface area contributed by atoms with E-state index in [2.05, 4.69) is 37.2 Å². The molecule has 0 radical (unpaired) electrons. The van der Waals surface area contributed by atoms with E-state index in [0.29, 0.717) is 5.56 Å². The Morgan fingerprint density at radius 3 is 2.20 bits per heavy atom. The Kier molecular flexibility index (Phi) is 4.36. The molecular formula is C20H14Br2N2O. The number of benzene rings is 3. The molecule has 0 saturated heterocycles. The van der Waals surface area contributed by atoms with Gasteiger partial charge in [0.1, 0.15) is 6.17 Å². The van der Waals surface area contributed by atoms with E-state index in [0.717, 1.165) is 25.9 Å². The molecule has 0 aromatic heterocycles. The average molecular weight is 458 g/mol. The molecule has 4 rings (SSSR count). The van der Waals surface area contributed by atoms with Crippen LogP contribution in [0.25, 0.3) is 0 Å². The lowest BCUT2D eigenvalue weighted by Crippen LogP contribution is -2.43. The number of anilines is 2. The first-order valence-electron chi connectivity index (χ1n) is 7.83. The van der Waals surface area contributed by atoms with E-state index in [1.54, 1.807) is 4.90 Å². The van der Waals surface area contributed by atoms with Crippen molar-refractivity contribution in [3.05, 3.63) is 92.9 Å². The van der Waals surface area contributed by atoms with Gasteiger partial charge in [-0.3, -0.25) is 9.69 Å². The lowest BCUT2D eigenvalue weighted by molar-refractivity contribution is 0.0975. The molecule has 1 aliphatic rings. The zero-order valence-electron chi connectivity index (χ0n) is 13.1. The van der Waals surface area contributed by atoms with E-state index in [1.165, 1.54) is 0 Å². The number of nitrogens with zero attached hydrogens (tertiary/aromatic N) is 1. The van der Waals surface area contributed by atoms with Gasteiger partial charge < -0.3 is 5.32 Å². The van der Waals surface area contributed by atoms with Crippen LogP contribution in [0.2, 0.25) is 0 Å². The second-order valence-corrected chi connectivity index (χ2v) is 7.64. The molecule has 1 heterocycles. The quantitative estimate of drug-likeness (QED) is 0.513. The number of amides is 1. The van der Waals surface area contributed by atoms with Crippen molar-refractivity contribution in [1.82, 2.24) is 0 Å². The van der Waals surface area contributed by atoms with Gasteiger partial charge in [0.15, 0.2) is 0 Å². The van der Waals surface area contributed by atoms with Crippen molar-refractivity contribution in [2.24, 2.45) is 0 Å². The van der Waals surface area contributed by atoms with Crippen LogP contribution in [0.15, 0.2) is 81.7 Å². The molecule has 3 nitrogen and oxygen atoms in total. The number of fused-ring (bicyclic) bond motifs is 1. The number of hydrogen-bond acceptors (Lipinski definition) is 2. The molecule has 124 valence electrons. The van der Waals surface area contributed by atoms with Crippen LogP contribution in [0.5, 0.6) is 0 Å². The summed E-state index contributed by atoms with van der Waals surface area (Å²) in [6.45, 7) is 0. The second kappa shape index (κ2) is 6.65. The molecule has 0 saturated carbocycles. The lowest BCUT2D eigenvalue weighted by atomic mass is 10.0. The van der Waals surface area contributed by atoms with Gasteiger partial charge in [-0.05, 0) is 48.0 Å². The molecule has 1 atom stereocenters. The van der Waals surface area contributed by atoms with E-state index in [4.69, 9.17) is 0 Å². The Bertz CT molecular complexity index is 923. The fraction of sp³-hybridized carbons (Fsp3) is 0.0500. The van der Waals surface area contributed by atoms with Crippen molar-refractivity contribution in [3.8, 4) is 0 Å². The SMILES string of the molecule is O=C1c2ccccc2N[C@@H](c2cc(Br)cc(Br)c2)N1c1ccccc1. The maximum absolute atomic E-state index is 13.2. The Balaban J connectivity index is 1.89. The van der Waals surface area contributed by atoms with Crippen LogP contribution in [-0.4, -0.2) is 5.91 Å². The number of carbonyl (C=O) groups excluding carboxylic acids is 1. The van der Waals surface area contributed by atoms with E-state index in [9.17, 15) is 4.79 Å². The van der Waals surface area contributed by atoms with Crippen molar-refractivity contribution in [2.75, 3.05) is 10.2 Å². The monoisotopic (exact) mass is 456 g/mol. The lowest BCUT2D eigenvalue weighted by Gasteiger charge is -2.38. The van der Waals surface area contributed by atoms with E-state index < -0.39 is 0 Å². The zero-order valence-corrected chi connectivity index (χ0v) is 16.3. The predicted molar refractivity (Wildman–Crippen MR) is 108 cm³/mol. The Morgan fingerprint density at radius 1 is 0.840 bits per heavy atom. The van der Waals surface area contributed by atoms with Crippen molar-refractivity contribution in [2.45, 2.75) is 6.17 Å². The van der Waals surface area contributed by atoms with Crippen LogP contribution in [0.4, 0.5) is 11.4 Å². The molecule has 3 aromatic carbocycles.